The Morgan fingerprint density at radius 2 is 1.59 bits per heavy atom. The third kappa shape index (κ3) is 4.52. The molecule has 0 atom stereocenters. The van der Waals surface area contributed by atoms with E-state index in [-0.39, 0.29) is 5.69 Å². The van der Waals surface area contributed by atoms with Crippen molar-refractivity contribution in [3.05, 3.63) is 91.9 Å². The number of nitrogens with zero attached hydrogens (tertiary/aromatic N) is 2. The van der Waals surface area contributed by atoms with Crippen LogP contribution in [0.5, 0.6) is 0 Å². The molecule has 0 unspecified atom stereocenters. The molecule has 0 spiro atoms. The van der Waals surface area contributed by atoms with E-state index < -0.39 is 17.2 Å². The first-order valence-corrected chi connectivity index (χ1v) is 9.19. The van der Waals surface area contributed by atoms with Crippen molar-refractivity contribution in [2.24, 2.45) is 0 Å². The number of benzene rings is 2. The molecule has 3 aromatic rings. The van der Waals surface area contributed by atoms with Gasteiger partial charge in [0.1, 0.15) is 0 Å². The Bertz CT molecular complexity index is 1150. The van der Waals surface area contributed by atoms with Gasteiger partial charge >= 0.3 is 0 Å². The number of hydrogen-bond acceptors (Lipinski definition) is 4. The quantitative estimate of drug-likeness (QED) is 0.649. The molecule has 0 aliphatic carbocycles. The molecule has 29 heavy (non-hydrogen) atoms. The van der Waals surface area contributed by atoms with Crippen LogP contribution in [0.4, 0.5) is 0 Å². The topological polar surface area (TPSA) is 93.1 Å². The van der Waals surface area contributed by atoms with Crippen LogP contribution in [0.15, 0.2) is 53.3 Å². The number of halogens is 1. The van der Waals surface area contributed by atoms with E-state index in [2.05, 4.69) is 16.0 Å². The molecule has 1 aromatic heterocycles. The molecule has 2 amide bonds. The lowest BCUT2D eigenvalue weighted by atomic mass is 10.1. The van der Waals surface area contributed by atoms with Crippen molar-refractivity contribution in [1.82, 2.24) is 20.6 Å². The molecular weight excluding hydrogens is 392 g/mol. The van der Waals surface area contributed by atoms with Crippen molar-refractivity contribution in [1.29, 1.82) is 0 Å². The summed E-state index contributed by atoms with van der Waals surface area (Å²) < 4.78 is 1.46. The summed E-state index contributed by atoms with van der Waals surface area (Å²) in [5, 5.41) is 4.70. The fourth-order valence-corrected chi connectivity index (χ4v) is 2.98. The molecule has 0 aliphatic heterocycles. The molecule has 1 heterocycles. The van der Waals surface area contributed by atoms with Crippen LogP contribution in [0.1, 0.15) is 37.7 Å². The van der Waals surface area contributed by atoms with Crippen LogP contribution in [0.25, 0.3) is 5.69 Å². The lowest BCUT2D eigenvalue weighted by molar-refractivity contribution is 0.0842. The zero-order valence-electron chi connectivity index (χ0n) is 16.1. The van der Waals surface area contributed by atoms with Gasteiger partial charge in [0.05, 0.1) is 5.69 Å². The van der Waals surface area contributed by atoms with Crippen LogP contribution in [0, 0.1) is 20.8 Å². The smallest absolute Gasteiger partial charge is 0.287 e. The van der Waals surface area contributed by atoms with Crippen molar-refractivity contribution >= 4 is 23.4 Å². The molecular formula is C21H19ClN4O3. The number of rotatable bonds is 3. The van der Waals surface area contributed by atoms with Gasteiger partial charge in [-0.1, -0.05) is 29.3 Å². The second-order valence-corrected chi connectivity index (χ2v) is 7.05. The van der Waals surface area contributed by atoms with Gasteiger partial charge < -0.3 is 0 Å². The van der Waals surface area contributed by atoms with Gasteiger partial charge in [0, 0.05) is 22.3 Å². The van der Waals surface area contributed by atoms with E-state index in [1.54, 1.807) is 50.2 Å². The molecule has 0 fully saturated rings. The monoisotopic (exact) mass is 410 g/mol. The van der Waals surface area contributed by atoms with Crippen LogP contribution in [0.3, 0.4) is 0 Å². The van der Waals surface area contributed by atoms with Gasteiger partial charge in [-0.3, -0.25) is 25.2 Å². The standard InChI is InChI=1S/C21H19ClN4O3/c1-12-4-9-17(13(2)10-12)20(28)23-24-21(29)19-18(27)11-14(3)26(25-19)16-7-5-15(22)6-8-16/h4-11H,1-3H3,(H,23,28)(H,24,29). The Hall–Kier alpha value is -3.45. The fourth-order valence-electron chi connectivity index (χ4n) is 2.86. The third-order valence-corrected chi connectivity index (χ3v) is 4.56. The van der Waals surface area contributed by atoms with Crippen LogP contribution in [0.2, 0.25) is 5.02 Å². The number of nitrogens with one attached hydrogen (secondary N) is 2. The average Bonchev–Trinajstić information content (AvgIpc) is 2.67. The second-order valence-electron chi connectivity index (χ2n) is 6.61. The first-order valence-electron chi connectivity index (χ1n) is 8.81. The minimum Gasteiger partial charge on any atom is -0.287 e. The van der Waals surface area contributed by atoms with E-state index in [1.165, 1.54) is 10.7 Å². The van der Waals surface area contributed by atoms with Gasteiger partial charge in [-0.05, 0) is 56.7 Å². The summed E-state index contributed by atoms with van der Waals surface area (Å²) >= 11 is 5.90. The van der Waals surface area contributed by atoms with Crippen molar-refractivity contribution in [3.8, 4) is 5.69 Å². The van der Waals surface area contributed by atoms with Gasteiger partial charge in [0.15, 0.2) is 5.69 Å². The lowest BCUT2D eigenvalue weighted by Crippen LogP contribution is -2.44. The molecule has 148 valence electrons. The van der Waals surface area contributed by atoms with E-state index in [9.17, 15) is 14.4 Å². The maximum atomic E-state index is 12.5. The lowest BCUT2D eigenvalue weighted by Gasteiger charge is -2.12. The summed E-state index contributed by atoms with van der Waals surface area (Å²) in [5.74, 6) is -1.29. The summed E-state index contributed by atoms with van der Waals surface area (Å²) in [6.45, 7) is 5.42. The van der Waals surface area contributed by atoms with E-state index >= 15 is 0 Å². The second kappa shape index (κ2) is 8.28. The summed E-state index contributed by atoms with van der Waals surface area (Å²) in [6.07, 6.45) is 0. The molecule has 0 saturated carbocycles. The number of hydrogen-bond donors (Lipinski definition) is 2. The van der Waals surface area contributed by atoms with Gasteiger partial charge in [-0.25, -0.2) is 4.68 Å². The SMILES string of the molecule is Cc1ccc(C(=O)NNC(=O)c2nn(-c3ccc(Cl)cc3)c(C)cc2=O)c(C)c1. The van der Waals surface area contributed by atoms with Gasteiger partial charge in [0.25, 0.3) is 11.8 Å². The number of aromatic nitrogens is 2. The summed E-state index contributed by atoms with van der Waals surface area (Å²) in [6, 6.07) is 13.4. The van der Waals surface area contributed by atoms with Crippen LogP contribution in [-0.4, -0.2) is 21.6 Å². The zero-order chi connectivity index (χ0) is 21.1. The molecule has 0 saturated heterocycles. The number of carbonyl (C=O) groups excluding carboxylic acids is 2. The van der Waals surface area contributed by atoms with E-state index in [1.807, 2.05) is 13.0 Å². The molecule has 0 bridgehead atoms. The molecule has 7 nitrogen and oxygen atoms in total. The highest BCUT2D eigenvalue weighted by molar-refractivity contribution is 6.30. The molecule has 0 aliphatic rings. The maximum Gasteiger partial charge on any atom is 0.294 e. The van der Waals surface area contributed by atoms with Gasteiger partial charge in [-0.2, -0.15) is 5.10 Å². The Morgan fingerprint density at radius 3 is 2.24 bits per heavy atom. The Kier molecular flexibility index (Phi) is 5.79. The molecule has 0 radical (unpaired) electrons. The van der Waals surface area contributed by atoms with Crippen LogP contribution >= 0.6 is 11.6 Å². The highest BCUT2D eigenvalue weighted by atomic mass is 35.5. The van der Waals surface area contributed by atoms with Crippen LogP contribution < -0.4 is 16.3 Å². The number of hydrazine groups is 1. The maximum absolute atomic E-state index is 12.5. The molecule has 2 N–H and O–H groups in total. The minimum absolute atomic E-state index is 0.341. The Labute approximate surface area is 172 Å². The van der Waals surface area contributed by atoms with Gasteiger partial charge in [-0.15, -0.1) is 0 Å². The van der Waals surface area contributed by atoms with E-state index in [0.29, 0.717) is 22.0 Å². The molecule has 2 aromatic carbocycles. The highest BCUT2D eigenvalue weighted by Crippen LogP contribution is 2.14. The Morgan fingerprint density at radius 1 is 0.931 bits per heavy atom. The van der Waals surface area contributed by atoms with Crippen molar-refractivity contribution in [2.45, 2.75) is 20.8 Å². The summed E-state index contributed by atoms with van der Waals surface area (Å²) in [4.78, 5) is 37.1. The molecule has 3 rings (SSSR count). The van der Waals surface area contributed by atoms with Crippen molar-refractivity contribution < 1.29 is 9.59 Å². The summed E-state index contributed by atoms with van der Waals surface area (Å²) in [5.41, 5.74) is 7.09. The minimum atomic E-state index is -0.809. The number of carbonyl (C=O) groups is 2. The predicted octanol–water partition coefficient (Wildman–Crippen LogP) is 2.89. The van der Waals surface area contributed by atoms with Crippen molar-refractivity contribution in [2.75, 3.05) is 0 Å². The average molecular weight is 411 g/mol. The van der Waals surface area contributed by atoms with Gasteiger partial charge in [0.2, 0.25) is 5.43 Å². The number of aryl methyl sites for hydroxylation is 3. The summed E-state index contributed by atoms with van der Waals surface area (Å²) in [7, 11) is 0. The largest absolute Gasteiger partial charge is 0.294 e. The van der Waals surface area contributed by atoms with E-state index in [4.69, 9.17) is 11.6 Å². The predicted molar refractivity (Wildman–Crippen MR) is 110 cm³/mol. The third-order valence-electron chi connectivity index (χ3n) is 4.31. The van der Waals surface area contributed by atoms with Crippen molar-refractivity contribution in [3.63, 3.8) is 0 Å². The molecule has 8 heteroatoms. The highest BCUT2D eigenvalue weighted by Gasteiger charge is 2.17. The Balaban J connectivity index is 1.82. The first kappa shape index (κ1) is 20.3. The normalized spacial score (nSPS) is 10.5. The van der Waals surface area contributed by atoms with E-state index in [0.717, 1.165) is 11.1 Å². The fraction of sp³-hybridized carbons (Fsp3) is 0.143. The van der Waals surface area contributed by atoms with Crippen LogP contribution in [-0.2, 0) is 0 Å². The zero-order valence-corrected chi connectivity index (χ0v) is 16.9. The first-order chi connectivity index (χ1) is 13.8. The number of amides is 2.